The highest BCUT2D eigenvalue weighted by molar-refractivity contribution is 5.82. The zero-order valence-corrected chi connectivity index (χ0v) is 18.9. The first kappa shape index (κ1) is 19.8. The summed E-state index contributed by atoms with van der Waals surface area (Å²) in [5.74, 6) is 4.95. The van der Waals surface area contributed by atoms with E-state index in [1.807, 2.05) is 6.92 Å². The summed E-state index contributed by atoms with van der Waals surface area (Å²) < 4.78 is 0. The molecule has 1 heterocycles. The van der Waals surface area contributed by atoms with Gasteiger partial charge in [-0.05, 0) is 98.7 Å². The van der Waals surface area contributed by atoms with E-state index in [2.05, 4.69) is 31.0 Å². The van der Waals surface area contributed by atoms with Gasteiger partial charge in [0.05, 0.1) is 11.9 Å². The minimum atomic E-state index is 0.200. The Morgan fingerprint density at radius 2 is 1.83 bits per heavy atom. The molecule has 0 radical (unpaired) electrons. The van der Waals surface area contributed by atoms with Gasteiger partial charge < -0.3 is 0 Å². The molecule has 160 valence electrons. The highest BCUT2D eigenvalue weighted by Gasteiger charge is 2.60. The quantitative estimate of drug-likeness (QED) is 0.681. The molecule has 0 aromatic carbocycles. The lowest BCUT2D eigenvalue weighted by atomic mass is 9.44. The van der Waals surface area contributed by atoms with Gasteiger partial charge in [-0.15, -0.1) is 0 Å². The molecule has 0 aliphatic heterocycles. The van der Waals surface area contributed by atoms with Crippen molar-refractivity contribution in [2.24, 2.45) is 46.3 Å². The summed E-state index contributed by atoms with van der Waals surface area (Å²) >= 11 is 0. The van der Waals surface area contributed by atoms with E-state index in [1.54, 1.807) is 11.0 Å². The van der Waals surface area contributed by atoms with Crippen LogP contribution in [0.15, 0.2) is 6.20 Å². The van der Waals surface area contributed by atoms with E-state index in [0.29, 0.717) is 17.7 Å². The van der Waals surface area contributed by atoms with Crippen molar-refractivity contribution >= 4 is 5.78 Å². The summed E-state index contributed by atoms with van der Waals surface area (Å²) in [6, 6.07) is 0. The zero-order valence-electron chi connectivity index (χ0n) is 18.9. The predicted octanol–water partition coefficient (Wildman–Crippen LogP) is 5.45. The summed E-state index contributed by atoms with van der Waals surface area (Å²) in [6.45, 7) is 9.86. The van der Waals surface area contributed by atoms with Crippen LogP contribution in [0.5, 0.6) is 0 Å². The third kappa shape index (κ3) is 3.03. The number of carbonyl (C=O) groups excluding carboxylic acids is 1. The van der Waals surface area contributed by atoms with Crippen molar-refractivity contribution in [1.82, 2.24) is 15.0 Å². The van der Waals surface area contributed by atoms with Crippen molar-refractivity contribution in [2.75, 3.05) is 0 Å². The second-order valence-corrected chi connectivity index (χ2v) is 11.7. The molecular weight excluding hydrogens is 358 g/mol. The number of nitrogens with zero attached hydrogens (tertiary/aromatic N) is 3. The number of aryl methyl sites for hydroxylation is 1. The number of hydrogen-bond acceptors (Lipinski definition) is 3. The first-order valence-electron chi connectivity index (χ1n) is 12.2. The van der Waals surface area contributed by atoms with Crippen LogP contribution in [0.3, 0.4) is 0 Å². The number of ketones is 1. The molecule has 0 bridgehead atoms. The Labute approximate surface area is 176 Å². The van der Waals surface area contributed by atoms with Crippen LogP contribution in [0.25, 0.3) is 0 Å². The van der Waals surface area contributed by atoms with Gasteiger partial charge >= 0.3 is 0 Å². The van der Waals surface area contributed by atoms with Crippen molar-refractivity contribution < 1.29 is 4.79 Å². The van der Waals surface area contributed by atoms with Crippen LogP contribution in [-0.4, -0.2) is 20.8 Å². The molecule has 0 amide bonds. The van der Waals surface area contributed by atoms with Gasteiger partial charge in [-0.3, -0.25) is 4.79 Å². The van der Waals surface area contributed by atoms with E-state index in [9.17, 15) is 4.79 Å². The maximum atomic E-state index is 13.3. The second kappa shape index (κ2) is 6.92. The molecular formula is C25H39N3O. The Morgan fingerprint density at radius 1 is 1.07 bits per heavy atom. The van der Waals surface area contributed by atoms with Gasteiger partial charge in [-0.1, -0.05) is 27.2 Å². The van der Waals surface area contributed by atoms with E-state index in [4.69, 9.17) is 0 Å². The zero-order chi connectivity index (χ0) is 20.4. The van der Waals surface area contributed by atoms with Gasteiger partial charge in [0.1, 0.15) is 6.54 Å². The molecule has 5 rings (SSSR count). The fraction of sp³-hybridized carbons (Fsp3) is 0.880. The summed E-state index contributed by atoms with van der Waals surface area (Å²) in [6.07, 6.45) is 13.9. The van der Waals surface area contributed by atoms with Gasteiger partial charge in [-0.25, -0.2) is 0 Å². The van der Waals surface area contributed by atoms with E-state index < -0.39 is 0 Å². The molecule has 0 saturated heterocycles. The van der Waals surface area contributed by atoms with E-state index in [1.165, 1.54) is 51.4 Å². The van der Waals surface area contributed by atoms with Crippen LogP contribution in [0.4, 0.5) is 0 Å². The van der Waals surface area contributed by atoms with Crippen molar-refractivity contribution in [2.45, 2.75) is 92.0 Å². The number of aromatic nitrogens is 3. The summed E-state index contributed by atoms with van der Waals surface area (Å²) in [5, 5.41) is 8.62. The lowest BCUT2D eigenvalue weighted by Gasteiger charge is -2.61. The standard InChI is InChI=1S/C25H39N3O/c1-16-9-11-24(3)18(13-16)5-6-19-20-7-8-22(25(20,4)12-10-21(19)24)23(29)15-28-26-14-17(2)27-28/h14,16,18-22H,5-13,15H2,1-4H3. The Morgan fingerprint density at radius 3 is 2.59 bits per heavy atom. The molecule has 4 fully saturated rings. The van der Waals surface area contributed by atoms with E-state index >= 15 is 0 Å². The summed E-state index contributed by atoms with van der Waals surface area (Å²) in [5.41, 5.74) is 1.65. The summed E-state index contributed by atoms with van der Waals surface area (Å²) in [7, 11) is 0. The molecule has 1 aromatic rings. The van der Waals surface area contributed by atoms with Gasteiger partial charge in [0, 0.05) is 5.92 Å². The van der Waals surface area contributed by atoms with Crippen LogP contribution in [0, 0.1) is 53.3 Å². The van der Waals surface area contributed by atoms with E-state index in [-0.39, 0.29) is 11.3 Å². The van der Waals surface area contributed by atoms with Gasteiger partial charge in [-0.2, -0.15) is 15.0 Å². The Balaban J connectivity index is 1.35. The van der Waals surface area contributed by atoms with Gasteiger partial charge in [0.25, 0.3) is 0 Å². The first-order valence-corrected chi connectivity index (χ1v) is 12.2. The molecule has 4 aliphatic rings. The average Bonchev–Trinajstić information content (AvgIpc) is 3.24. The monoisotopic (exact) mass is 397 g/mol. The Bertz CT molecular complexity index is 787. The van der Waals surface area contributed by atoms with Crippen molar-refractivity contribution in [1.29, 1.82) is 0 Å². The lowest BCUT2D eigenvalue weighted by molar-refractivity contribution is -0.137. The lowest BCUT2D eigenvalue weighted by Crippen LogP contribution is -2.53. The molecule has 4 saturated carbocycles. The van der Waals surface area contributed by atoms with E-state index in [0.717, 1.165) is 41.7 Å². The average molecular weight is 398 g/mol. The third-order valence-electron chi connectivity index (χ3n) is 10.3. The number of carbonyl (C=O) groups is 1. The molecule has 29 heavy (non-hydrogen) atoms. The van der Waals surface area contributed by atoms with Crippen molar-refractivity contribution in [3.05, 3.63) is 11.9 Å². The van der Waals surface area contributed by atoms with Crippen molar-refractivity contribution in [3.8, 4) is 0 Å². The first-order chi connectivity index (χ1) is 13.8. The van der Waals surface area contributed by atoms with Gasteiger partial charge in [0.15, 0.2) is 5.78 Å². The molecule has 1 aromatic heterocycles. The fourth-order valence-electron chi connectivity index (χ4n) is 8.71. The number of fused-ring (bicyclic) bond motifs is 5. The van der Waals surface area contributed by atoms with Gasteiger partial charge in [0.2, 0.25) is 0 Å². The third-order valence-corrected chi connectivity index (χ3v) is 10.3. The van der Waals surface area contributed by atoms with Crippen LogP contribution in [-0.2, 0) is 11.3 Å². The number of rotatable bonds is 3. The minimum Gasteiger partial charge on any atom is -0.297 e. The number of Topliss-reactive ketones (excluding diaryl/α,β-unsaturated/α-hetero) is 1. The fourth-order valence-corrected chi connectivity index (χ4v) is 8.71. The molecule has 4 aliphatic carbocycles. The molecule has 4 nitrogen and oxygen atoms in total. The molecule has 8 unspecified atom stereocenters. The van der Waals surface area contributed by atoms with Crippen LogP contribution in [0.2, 0.25) is 0 Å². The largest absolute Gasteiger partial charge is 0.297 e. The highest BCUT2D eigenvalue weighted by Crippen LogP contribution is 2.67. The topological polar surface area (TPSA) is 47.8 Å². The molecule has 0 spiro atoms. The predicted molar refractivity (Wildman–Crippen MR) is 114 cm³/mol. The molecule has 4 heteroatoms. The van der Waals surface area contributed by atoms with Crippen LogP contribution in [0.1, 0.15) is 84.3 Å². The maximum Gasteiger partial charge on any atom is 0.159 e. The highest BCUT2D eigenvalue weighted by atomic mass is 16.1. The van der Waals surface area contributed by atoms with Crippen LogP contribution >= 0.6 is 0 Å². The SMILES string of the molecule is Cc1cnn(CC(=O)C2CCC3C4CCC5CC(C)CCC5(C)C4CCC23C)n1. The Hall–Kier alpha value is -1.19. The summed E-state index contributed by atoms with van der Waals surface area (Å²) in [4.78, 5) is 14.9. The smallest absolute Gasteiger partial charge is 0.159 e. The van der Waals surface area contributed by atoms with Crippen molar-refractivity contribution in [3.63, 3.8) is 0 Å². The Kier molecular flexibility index (Phi) is 4.71. The second-order valence-electron chi connectivity index (χ2n) is 11.7. The van der Waals surface area contributed by atoms with Crippen LogP contribution < -0.4 is 0 Å². The normalized spacial score (nSPS) is 46.6. The molecule has 8 atom stereocenters. The maximum absolute atomic E-state index is 13.3. The molecule has 0 N–H and O–H groups in total. The number of hydrogen-bond donors (Lipinski definition) is 0. The minimum absolute atomic E-state index is 0.200.